The van der Waals surface area contributed by atoms with E-state index in [9.17, 15) is 9.59 Å². The van der Waals surface area contributed by atoms with E-state index < -0.39 is 5.97 Å². The number of rotatable bonds is 6. The Morgan fingerprint density at radius 3 is 2.14 bits per heavy atom. The van der Waals surface area contributed by atoms with Gasteiger partial charge in [-0.1, -0.05) is 0 Å². The maximum atomic E-state index is 12.4. The second-order valence-corrected chi connectivity index (χ2v) is 5.85. The first-order valence-electron chi connectivity index (χ1n) is 7.83. The third-order valence-electron chi connectivity index (χ3n) is 4.36. The molecular formula is C15H25NO5. The number of carboxylic acid groups (broad SMARTS) is 1. The van der Waals surface area contributed by atoms with Gasteiger partial charge in [-0.05, 0) is 38.0 Å². The lowest BCUT2D eigenvalue weighted by Gasteiger charge is -2.33. The summed E-state index contributed by atoms with van der Waals surface area (Å²) < 4.78 is 10.6. The predicted molar refractivity (Wildman–Crippen MR) is 76.0 cm³/mol. The van der Waals surface area contributed by atoms with Crippen molar-refractivity contribution in [3.05, 3.63) is 0 Å². The van der Waals surface area contributed by atoms with Crippen LogP contribution in [0.15, 0.2) is 0 Å². The average Bonchev–Trinajstić information content (AvgIpc) is 2.52. The maximum absolute atomic E-state index is 12.4. The standard InChI is InChI=1S/C15H25NO5/c17-14(2-1-12-3-7-20-8-4-12)16(11-15(18)19)13-5-9-21-10-6-13/h12-13H,1-11H2,(H,18,19). The van der Waals surface area contributed by atoms with Crippen LogP contribution in [0.3, 0.4) is 0 Å². The molecule has 1 amide bonds. The fraction of sp³-hybridized carbons (Fsp3) is 0.867. The molecule has 0 atom stereocenters. The number of ether oxygens (including phenoxy) is 2. The van der Waals surface area contributed by atoms with Gasteiger partial charge in [0.05, 0.1) is 0 Å². The molecule has 0 saturated carbocycles. The normalized spacial score (nSPS) is 21.1. The lowest BCUT2D eigenvalue weighted by Crippen LogP contribution is -2.46. The Bertz CT molecular complexity index is 348. The molecule has 0 aromatic heterocycles. The van der Waals surface area contributed by atoms with E-state index in [1.807, 2.05) is 0 Å². The summed E-state index contributed by atoms with van der Waals surface area (Å²) in [6.45, 7) is 2.56. The Labute approximate surface area is 125 Å². The summed E-state index contributed by atoms with van der Waals surface area (Å²) in [5, 5.41) is 9.04. The van der Waals surface area contributed by atoms with E-state index in [0.717, 1.165) is 45.3 Å². The Morgan fingerprint density at radius 2 is 1.57 bits per heavy atom. The van der Waals surface area contributed by atoms with Crippen LogP contribution in [-0.2, 0) is 19.1 Å². The van der Waals surface area contributed by atoms with Crippen LogP contribution in [0.4, 0.5) is 0 Å². The minimum Gasteiger partial charge on any atom is -0.480 e. The molecule has 21 heavy (non-hydrogen) atoms. The van der Waals surface area contributed by atoms with Gasteiger partial charge in [-0.3, -0.25) is 9.59 Å². The molecule has 2 aliphatic heterocycles. The molecule has 0 spiro atoms. The molecule has 0 radical (unpaired) electrons. The molecule has 2 heterocycles. The van der Waals surface area contributed by atoms with E-state index in [-0.39, 0.29) is 18.5 Å². The number of carboxylic acids is 1. The Hall–Kier alpha value is -1.14. The largest absolute Gasteiger partial charge is 0.480 e. The van der Waals surface area contributed by atoms with Crippen molar-refractivity contribution in [1.29, 1.82) is 0 Å². The zero-order valence-electron chi connectivity index (χ0n) is 12.5. The molecule has 6 nitrogen and oxygen atoms in total. The first-order chi connectivity index (χ1) is 10.2. The van der Waals surface area contributed by atoms with Crippen LogP contribution in [-0.4, -0.2) is 60.9 Å². The minimum absolute atomic E-state index is 0.0111. The molecule has 120 valence electrons. The highest BCUT2D eigenvalue weighted by Gasteiger charge is 2.28. The third kappa shape index (κ3) is 5.28. The Kier molecular flexibility index (Phi) is 6.45. The second-order valence-electron chi connectivity index (χ2n) is 5.85. The van der Waals surface area contributed by atoms with Gasteiger partial charge in [-0.2, -0.15) is 0 Å². The summed E-state index contributed by atoms with van der Waals surface area (Å²) in [6, 6.07) is 0.0111. The van der Waals surface area contributed by atoms with Crippen molar-refractivity contribution in [3.8, 4) is 0 Å². The molecule has 0 aromatic rings. The molecule has 2 fully saturated rings. The first kappa shape index (κ1) is 16.2. The van der Waals surface area contributed by atoms with E-state index in [1.165, 1.54) is 0 Å². The molecule has 2 rings (SSSR count). The zero-order chi connectivity index (χ0) is 15.1. The molecular weight excluding hydrogens is 274 g/mol. The monoisotopic (exact) mass is 299 g/mol. The number of amides is 1. The van der Waals surface area contributed by atoms with Gasteiger partial charge in [0.25, 0.3) is 0 Å². The molecule has 0 bridgehead atoms. The minimum atomic E-state index is -0.944. The number of hydrogen-bond acceptors (Lipinski definition) is 4. The van der Waals surface area contributed by atoms with Gasteiger partial charge in [0.1, 0.15) is 6.54 Å². The molecule has 2 aliphatic rings. The Balaban J connectivity index is 1.85. The SMILES string of the molecule is O=C(O)CN(C(=O)CCC1CCOCC1)C1CCOCC1. The lowest BCUT2D eigenvalue weighted by atomic mass is 9.94. The van der Waals surface area contributed by atoms with Crippen LogP contribution in [0.25, 0.3) is 0 Å². The van der Waals surface area contributed by atoms with E-state index in [1.54, 1.807) is 4.90 Å². The first-order valence-corrected chi connectivity index (χ1v) is 7.83. The quantitative estimate of drug-likeness (QED) is 0.799. The summed E-state index contributed by atoms with van der Waals surface area (Å²) in [5.41, 5.74) is 0. The van der Waals surface area contributed by atoms with Crippen LogP contribution in [0.1, 0.15) is 38.5 Å². The molecule has 2 saturated heterocycles. The molecule has 1 N–H and O–H groups in total. The number of hydrogen-bond donors (Lipinski definition) is 1. The summed E-state index contributed by atoms with van der Waals surface area (Å²) >= 11 is 0. The number of nitrogens with zero attached hydrogens (tertiary/aromatic N) is 1. The van der Waals surface area contributed by atoms with Crippen LogP contribution < -0.4 is 0 Å². The van der Waals surface area contributed by atoms with E-state index in [4.69, 9.17) is 14.6 Å². The molecule has 0 aromatic carbocycles. The van der Waals surface area contributed by atoms with Crippen molar-refractivity contribution in [2.75, 3.05) is 33.0 Å². The Morgan fingerprint density at radius 1 is 1.00 bits per heavy atom. The maximum Gasteiger partial charge on any atom is 0.323 e. The summed E-state index contributed by atoms with van der Waals surface area (Å²) in [5.74, 6) is -0.444. The van der Waals surface area contributed by atoms with Crippen molar-refractivity contribution < 1.29 is 24.2 Å². The second kappa shape index (κ2) is 8.34. The van der Waals surface area contributed by atoms with Gasteiger partial charge in [0, 0.05) is 38.9 Å². The molecule has 6 heteroatoms. The van der Waals surface area contributed by atoms with Gasteiger partial charge >= 0.3 is 5.97 Å². The lowest BCUT2D eigenvalue weighted by molar-refractivity contribution is -0.147. The van der Waals surface area contributed by atoms with Crippen molar-refractivity contribution in [2.45, 2.75) is 44.6 Å². The number of aliphatic carboxylic acids is 1. The fourth-order valence-electron chi connectivity index (χ4n) is 3.07. The smallest absolute Gasteiger partial charge is 0.323 e. The van der Waals surface area contributed by atoms with E-state index in [2.05, 4.69) is 0 Å². The van der Waals surface area contributed by atoms with Crippen LogP contribution in [0, 0.1) is 5.92 Å². The van der Waals surface area contributed by atoms with Gasteiger partial charge in [0.15, 0.2) is 0 Å². The van der Waals surface area contributed by atoms with Crippen molar-refractivity contribution in [3.63, 3.8) is 0 Å². The van der Waals surface area contributed by atoms with Gasteiger partial charge in [-0.25, -0.2) is 0 Å². The molecule has 0 unspecified atom stereocenters. The van der Waals surface area contributed by atoms with Crippen LogP contribution in [0.5, 0.6) is 0 Å². The summed E-state index contributed by atoms with van der Waals surface area (Å²) in [7, 11) is 0. The van der Waals surface area contributed by atoms with Crippen LogP contribution in [0.2, 0.25) is 0 Å². The molecule has 0 aliphatic carbocycles. The average molecular weight is 299 g/mol. The highest BCUT2D eigenvalue weighted by molar-refractivity contribution is 5.81. The van der Waals surface area contributed by atoms with Crippen LogP contribution >= 0.6 is 0 Å². The van der Waals surface area contributed by atoms with Gasteiger partial charge in [-0.15, -0.1) is 0 Å². The highest BCUT2D eigenvalue weighted by Crippen LogP contribution is 2.22. The van der Waals surface area contributed by atoms with E-state index >= 15 is 0 Å². The fourth-order valence-corrected chi connectivity index (χ4v) is 3.07. The van der Waals surface area contributed by atoms with Crippen molar-refractivity contribution >= 4 is 11.9 Å². The number of carbonyl (C=O) groups is 2. The number of carbonyl (C=O) groups excluding carboxylic acids is 1. The summed E-state index contributed by atoms with van der Waals surface area (Å²) in [6.07, 6.45) is 4.75. The summed E-state index contributed by atoms with van der Waals surface area (Å²) in [4.78, 5) is 25.0. The van der Waals surface area contributed by atoms with Gasteiger partial charge < -0.3 is 19.5 Å². The van der Waals surface area contributed by atoms with Gasteiger partial charge in [0.2, 0.25) is 5.91 Å². The van der Waals surface area contributed by atoms with Crippen molar-refractivity contribution in [1.82, 2.24) is 4.90 Å². The predicted octanol–water partition coefficient (Wildman–Crippen LogP) is 1.29. The highest BCUT2D eigenvalue weighted by atomic mass is 16.5. The van der Waals surface area contributed by atoms with Crippen molar-refractivity contribution in [2.24, 2.45) is 5.92 Å². The zero-order valence-corrected chi connectivity index (χ0v) is 12.5. The third-order valence-corrected chi connectivity index (χ3v) is 4.36. The van der Waals surface area contributed by atoms with E-state index in [0.29, 0.717) is 25.6 Å². The topological polar surface area (TPSA) is 76.1 Å².